The minimum absolute atomic E-state index is 0.640. The molecule has 2 aromatic carbocycles. The summed E-state index contributed by atoms with van der Waals surface area (Å²) in [5.74, 6) is 0.883. The number of ether oxygens (including phenoxy) is 1. The summed E-state index contributed by atoms with van der Waals surface area (Å²) in [4.78, 5) is 0. The molecule has 0 fully saturated rings. The SMILES string of the molecule is Brc1cccc(OCCNc2ccccc2I)c1. The number of para-hydroxylation sites is 1. The minimum atomic E-state index is 0.640. The Bertz CT molecular complexity index is 519. The lowest BCUT2D eigenvalue weighted by Gasteiger charge is -2.10. The van der Waals surface area contributed by atoms with Crippen molar-refractivity contribution in [1.82, 2.24) is 0 Å². The maximum atomic E-state index is 5.65. The van der Waals surface area contributed by atoms with Gasteiger partial charge in [0.05, 0.1) is 0 Å². The first-order chi connectivity index (χ1) is 8.75. The van der Waals surface area contributed by atoms with Crippen molar-refractivity contribution in [3.05, 3.63) is 56.6 Å². The van der Waals surface area contributed by atoms with Gasteiger partial charge in [-0.25, -0.2) is 0 Å². The topological polar surface area (TPSA) is 21.3 Å². The van der Waals surface area contributed by atoms with Gasteiger partial charge in [0.1, 0.15) is 12.4 Å². The molecule has 0 saturated carbocycles. The Balaban J connectivity index is 1.78. The van der Waals surface area contributed by atoms with Crippen molar-refractivity contribution in [3.63, 3.8) is 0 Å². The number of nitrogens with one attached hydrogen (secondary N) is 1. The fourth-order valence-electron chi connectivity index (χ4n) is 1.52. The lowest BCUT2D eigenvalue weighted by atomic mass is 10.3. The summed E-state index contributed by atoms with van der Waals surface area (Å²) in [6, 6.07) is 16.1. The van der Waals surface area contributed by atoms with E-state index in [4.69, 9.17) is 4.74 Å². The van der Waals surface area contributed by atoms with Gasteiger partial charge in [-0.15, -0.1) is 0 Å². The van der Waals surface area contributed by atoms with Crippen LogP contribution in [-0.4, -0.2) is 13.2 Å². The molecule has 0 spiro atoms. The Morgan fingerprint density at radius 3 is 2.72 bits per heavy atom. The number of rotatable bonds is 5. The van der Waals surface area contributed by atoms with E-state index in [0.717, 1.165) is 22.5 Å². The molecule has 4 heteroatoms. The molecule has 94 valence electrons. The molecule has 0 aromatic heterocycles. The zero-order chi connectivity index (χ0) is 12.8. The largest absolute Gasteiger partial charge is 0.492 e. The third kappa shape index (κ3) is 4.17. The van der Waals surface area contributed by atoms with Crippen LogP contribution < -0.4 is 10.1 Å². The average molecular weight is 418 g/mol. The van der Waals surface area contributed by atoms with Crippen molar-refractivity contribution in [1.29, 1.82) is 0 Å². The van der Waals surface area contributed by atoms with Gasteiger partial charge in [-0.3, -0.25) is 0 Å². The van der Waals surface area contributed by atoms with Gasteiger partial charge in [-0.1, -0.05) is 34.1 Å². The Kier molecular flexibility index (Phi) is 5.31. The van der Waals surface area contributed by atoms with E-state index < -0.39 is 0 Å². The zero-order valence-electron chi connectivity index (χ0n) is 9.70. The molecule has 0 aliphatic carbocycles. The van der Waals surface area contributed by atoms with Gasteiger partial charge in [0.2, 0.25) is 0 Å². The third-order valence-corrected chi connectivity index (χ3v) is 3.79. The molecule has 18 heavy (non-hydrogen) atoms. The fourth-order valence-corrected chi connectivity index (χ4v) is 2.47. The lowest BCUT2D eigenvalue weighted by molar-refractivity contribution is 0.332. The second-order valence-corrected chi connectivity index (χ2v) is 5.79. The van der Waals surface area contributed by atoms with Gasteiger partial charge in [0.25, 0.3) is 0 Å². The molecular weight excluding hydrogens is 405 g/mol. The summed E-state index contributed by atoms with van der Waals surface area (Å²) < 4.78 is 7.91. The van der Waals surface area contributed by atoms with Gasteiger partial charge >= 0.3 is 0 Å². The molecule has 0 aliphatic heterocycles. The molecule has 0 heterocycles. The molecule has 0 atom stereocenters. The van der Waals surface area contributed by atoms with Crippen LogP contribution in [0.25, 0.3) is 0 Å². The van der Waals surface area contributed by atoms with Crippen LogP contribution in [0.1, 0.15) is 0 Å². The smallest absolute Gasteiger partial charge is 0.120 e. The quantitative estimate of drug-likeness (QED) is 0.569. The summed E-state index contributed by atoms with van der Waals surface area (Å²) >= 11 is 5.74. The van der Waals surface area contributed by atoms with E-state index in [1.807, 2.05) is 36.4 Å². The molecule has 0 aliphatic rings. The van der Waals surface area contributed by atoms with Gasteiger partial charge in [0, 0.05) is 20.3 Å². The molecule has 0 bridgehead atoms. The zero-order valence-corrected chi connectivity index (χ0v) is 13.4. The van der Waals surface area contributed by atoms with Crippen LogP contribution in [0.2, 0.25) is 0 Å². The molecule has 0 unspecified atom stereocenters. The van der Waals surface area contributed by atoms with Crippen LogP contribution in [0.3, 0.4) is 0 Å². The van der Waals surface area contributed by atoms with Crippen LogP contribution in [0.15, 0.2) is 53.0 Å². The van der Waals surface area contributed by atoms with E-state index >= 15 is 0 Å². The van der Waals surface area contributed by atoms with Gasteiger partial charge in [-0.2, -0.15) is 0 Å². The normalized spacial score (nSPS) is 10.1. The Labute approximate surface area is 129 Å². The summed E-state index contributed by atoms with van der Waals surface area (Å²) in [5, 5.41) is 3.35. The summed E-state index contributed by atoms with van der Waals surface area (Å²) in [6.45, 7) is 1.42. The van der Waals surface area contributed by atoms with E-state index in [2.05, 4.69) is 56.0 Å². The molecule has 2 rings (SSSR count). The third-order valence-electron chi connectivity index (χ3n) is 2.36. The predicted octanol–water partition coefficient (Wildman–Crippen LogP) is 4.54. The predicted molar refractivity (Wildman–Crippen MR) is 87.3 cm³/mol. The van der Waals surface area contributed by atoms with E-state index in [0.29, 0.717) is 6.61 Å². The molecule has 1 N–H and O–H groups in total. The molecule has 0 amide bonds. The van der Waals surface area contributed by atoms with Crippen molar-refractivity contribution in [2.45, 2.75) is 0 Å². The van der Waals surface area contributed by atoms with Crippen molar-refractivity contribution in [3.8, 4) is 5.75 Å². The number of benzene rings is 2. The van der Waals surface area contributed by atoms with E-state index in [1.54, 1.807) is 0 Å². The van der Waals surface area contributed by atoms with Crippen molar-refractivity contribution in [2.24, 2.45) is 0 Å². The Morgan fingerprint density at radius 2 is 1.94 bits per heavy atom. The number of hydrogen-bond donors (Lipinski definition) is 1. The Morgan fingerprint density at radius 1 is 1.11 bits per heavy atom. The first kappa shape index (κ1) is 13.7. The first-order valence-electron chi connectivity index (χ1n) is 5.62. The maximum absolute atomic E-state index is 5.65. The second kappa shape index (κ2) is 6.99. The molecular formula is C14H13BrINO. The van der Waals surface area contributed by atoms with Gasteiger partial charge < -0.3 is 10.1 Å². The second-order valence-electron chi connectivity index (χ2n) is 3.71. The molecule has 2 aromatic rings. The van der Waals surface area contributed by atoms with Crippen LogP contribution in [0.4, 0.5) is 5.69 Å². The van der Waals surface area contributed by atoms with E-state index in [-0.39, 0.29) is 0 Å². The fraction of sp³-hybridized carbons (Fsp3) is 0.143. The standard InChI is InChI=1S/C14H13BrINO/c15-11-4-3-5-12(10-11)18-9-8-17-14-7-2-1-6-13(14)16/h1-7,10,17H,8-9H2. The minimum Gasteiger partial charge on any atom is -0.492 e. The first-order valence-corrected chi connectivity index (χ1v) is 7.49. The lowest BCUT2D eigenvalue weighted by Crippen LogP contribution is -2.12. The van der Waals surface area contributed by atoms with Crippen molar-refractivity contribution >= 4 is 44.2 Å². The highest BCUT2D eigenvalue weighted by atomic mass is 127. The maximum Gasteiger partial charge on any atom is 0.120 e. The van der Waals surface area contributed by atoms with Crippen molar-refractivity contribution < 1.29 is 4.74 Å². The Hall–Kier alpha value is -0.750. The summed E-state index contributed by atoms with van der Waals surface area (Å²) in [6.07, 6.45) is 0. The van der Waals surface area contributed by atoms with Crippen LogP contribution in [-0.2, 0) is 0 Å². The highest BCUT2D eigenvalue weighted by molar-refractivity contribution is 14.1. The highest BCUT2D eigenvalue weighted by Crippen LogP contribution is 2.18. The monoisotopic (exact) mass is 417 g/mol. The van der Waals surface area contributed by atoms with Gasteiger partial charge in [0.15, 0.2) is 0 Å². The van der Waals surface area contributed by atoms with Crippen LogP contribution in [0.5, 0.6) is 5.75 Å². The average Bonchev–Trinajstić information content (AvgIpc) is 2.37. The van der Waals surface area contributed by atoms with Gasteiger partial charge in [-0.05, 0) is 52.9 Å². The highest BCUT2D eigenvalue weighted by Gasteiger charge is 1.97. The van der Waals surface area contributed by atoms with Crippen molar-refractivity contribution in [2.75, 3.05) is 18.5 Å². The van der Waals surface area contributed by atoms with E-state index in [9.17, 15) is 0 Å². The van der Waals surface area contributed by atoms with Crippen LogP contribution >= 0.6 is 38.5 Å². The van der Waals surface area contributed by atoms with E-state index in [1.165, 1.54) is 3.57 Å². The number of anilines is 1. The molecule has 2 nitrogen and oxygen atoms in total. The summed E-state index contributed by atoms with van der Waals surface area (Å²) in [5.41, 5.74) is 1.15. The van der Waals surface area contributed by atoms with Crippen LogP contribution in [0, 0.1) is 3.57 Å². The number of halogens is 2. The molecule has 0 radical (unpaired) electrons. The molecule has 0 saturated heterocycles. The summed E-state index contributed by atoms with van der Waals surface area (Å²) in [7, 11) is 0. The number of hydrogen-bond acceptors (Lipinski definition) is 2.